The van der Waals surface area contributed by atoms with Crippen LogP contribution in [0.5, 0.6) is 0 Å². The SMILES string of the molecule is CSc1nc(NN)cc(NC2(CO)CCCC2)n1. The van der Waals surface area contributed by atoms with Gasteiger partial charge in [-0.3, -0.25) is 0 Å². The van der Waals surface area contributed by atoms with Crippen molar-refractivity contribution in [1.82, 2.24) is 9.97 Å². The van der Waals surface area contributed by atoms with Crippen LogP contribution in [0.25, 0.3) is 0 Å². The predicted molar refractivity (Wildman–Crippen MR) is 73.5 cm³/mol. The van der Waals surface area contributed by atoms with Gasteiger partial charge >= 0.3 is 0 Å². The van der Waals surface area contributed by atoms with Crippen molar-refractivity contribution in [2.45, 2.75) is 36.4 Å². The van der Waals surface area contributed by atoms with E-state index in [4.69, 9.17) is 5.84 Å². The second-order valence-electron chi connectivity index (χ2n) is 4.54. The minimum atomic E-state index is -0.240. The molecule has 7 heteroatoms. The van der Waals surface area contributed by atoms with E-state index in [9.17, 15) is 5.11 Å². The molecule has 100 valence electrons. The van der Waals surface area contributed by atoms with E-state index >= 15 is 0 Å². The first-order chi connectivity index (χ1) is 8.71. The Hall–Kier alpha value is -1.05. The summed E-state index contributed by atoms with van der Waals surface area (Å²) in [4.78, 5) is 8.60. The molecular formula is C11H19N5OS. The Morgan fingerprint density at radius 2 is 2.06 bits per heavy atom. The van der Waals surface area contributed by atoms with E-state index in [1.165, 1.54) is 11.8 Å². The zero-order valence-electron chi connectivity index (χ0n) is 10.4. The third-order valence-corrected chi connectivity index (χ3v) is 3.84. The van der Waals surface area contributed by atoms with Crippen LogP contribution in [0.3, 0.4) is 0 Å². The first-order valence-electron chi connectivity index (χ1n) is 6.00. The van der Waals surface area contributed by atoms with Gasteiger partial charge in [0.25, 0.3) is 0 Å². The number of aliphatic hydroxyl groups is 1. The minimum absolute atomic E-state index is 0.122. The summed E-state index contributed by atoms with van der Waals surface area (Å²) in [5, 5.41) is 13.6. The number of rotatable bonds is 5. The smallest absolute Gasteiger partial charge is 0.191 e. The Morgan fingerprint density at radius 1 is 1.39 bits per heavy atom. The van der Waals surface area contributed by atoms with Gasteiger partial charge in [-0.1, -0.05) is 24.6 Å². The molecular weight excluding hydrogens is 250 g/mol. The van der Waals surface area contributed by atoms with Gasteiger partial charge in [0.2, 0.25) is 0 Å². The zero-order valence-corrected chi connectivity index (χ0v) is 11.3. The van der Waals surface area contributed by atoms with Crippen molar-refractivity contribution in [2.75, 3.05) is 23.6 Å². The largest absolute Gasteiger partial charge is 0.394 e. The molecule has 0 atom stereocenters. The van der Waals surface area contributed by atoms with Crippen LogP contribution in [0.15, 0.2) is 11.2 Å². The monoisotopic (exact) mass is 269 g/mol. The van der Waals surface area contributed by atoms with Crippen molar-refractivity contribution in [3.05, 3.63) is 6.07 Å². The Labute approximate surface area is 111 Å². The van der Waals surface area contributed by atoms with E-state index < -0.39 is 0 Å². The molecule has 18 heavy (non-hydrogen) atoms. The fourth-order valence-corrected chi connectivity index (χ4v) is 2.68. The summed E-state index contributed by atoms with van der Waals surface area (Å²) in [6, 6.07) is 1.76. The number of aliphatic hydroxyl groups excluding tert-OH is 1. The number of aromatic nitrogens is 2. The normalized spacial score (nSPS) is 17.7. The van der Waals surface area contributed by atoms with Crippen molar-refractivity contribution >= 4 is 23.4 Å². The Bertz CT molecular complexity index is 386. The lowest BCUT2D eigenvalue weighted by atomic mass is 9.99. The molecule has 6 nitrogen and oxygen atoms in total. The van der Waals surface area contributed by atoms with Gasteiger partial charge in [0, 0.05) is 6.07 Å². The van der Waals surface area contributed by atoms with Gasteiger partial charge in [-0.2, -0.15) is 0 Å². The molecule has 0 saturated heterocycles. The molecule has 1 fully saturated rings. The van der Waals surface area contributed by atoms with Gasteiger partial charge in [-0.15, -0.1) is 0 Å². The van der Waals surface area contributed by atoms with E-state index in [0.29, 0.717) is 16.8 Å². The average Bonchev–Trinajstić information content (AvgIpc) is 2.87. The van der Waals surface area contributed by atoms with Crippen molar-refractivity contribution < 1.29 is 5.11 Å². The first kappa shape index (κ1) is 13.4. The maximum atomic E-state index is 9.58. The van der Waals surface area contributed by atoms with Crippen LogP contribution in [0.2, 0.25) is 0 Å². The summed E-state index contributed by atoms with van der Waals surface area (Å²) in [5.41, 5.74) is 2.29. The summed E-state index contributed by atoms with van der Waals surface area (Å²) >= 11 is 1.46. The highest BCUT2D eigenvalue weighted by atomic mass is 32.2. The quantitative estimate of drug-likeness (QED) is 0.276. The summed E-state index contributed by atoms with van der Waals surface area (Å²) in [7, 11) is 0. The van der Waals surface area contributed by atoms with Crippen molar-refractivity contribution in [1.29, 1.82) is 0 Å². The molecule has 1 heterocycles. The Balaban J connectivity index is 2.21. The first-order valence-corrected chi connectivity index (χ1v) is 7.22. The molecule has 5 N–H and O–H groups in total. The molecule has 0 bridgehead atoms. The maximum absolute atomic E-state index is 9.58. The third kappa shape index (κ3) is 2.85. The number of hydrazine groups is 1. The average molecular weight is 269 g/mol. The predicted octanol–water partition coefficient (Wildman–Crippen LogP) is 1.20. The molecule has 1 saturated carbocycles. The number of nitrogens with two attached hydrogens (primary N) is 1. The van der Waals surface area contributed by atoms with Gasteiger partial charge in [-0.25, -0.2) is 15.8 Å². The van der Waals surface area contributed by atoms with Gasteiger partial charge in [-0.05, 0) is 19.1 Å². The molecule has 0 radical (unpaired) electrons. The maximum Gasteiger partial charge on any atom is 0.191 e. The Kier molecular flexibility index (Phi) is 4.26. The van der Waals surface area contributed by atoms with E-state index in [2.05, 4.69) is 20.7 Å². The lowest BCUT2D eigenvalue weighted by molar-refractivity contribution is 0.213. The Morgan fingerprint density at radius 3 is 2.61 bits per heavy atom. The second-order valence-corrected chi connectivity index (χ2v) is 5.31. The van der Waals surface area contributed by atoms with Crippen LogP contribution < -0.4 is 16.6 Å². The van der Waals surface area contributed by atoms with Crippen LogP contribution in [-0.4, -0.2) is 33.5 Å². The van der Waals surface area contributed by atoms with Crippen molar-refractivity contribution in [3.8, 4) is 0 Å². The van der Waals surface area contributed by atoms with E-state index in [-0.39, 0.29) is 12.1 Å². The standard InChI is InChI=1S/C11H19N5OS/c1-18-10-13-8(6-9(14-10)16-12)15-11(7-17)4-2-3-5-11/h6,17H,2-5,7,12H2,1H3,(H2,13,14,15,16). The number of nitrogens with zero attached hydrogens (tertiary/aromatic N) is 2. The number of nitrogen functional groups attached to an aromatic ring is 1. The summed E-state index contributed by atoms with van der Waals surface area (Å²) < 4.78 is 0. The molecule has 1 aliphatic rings. The zero-order chi connectivity index (χ0) is 13.0. The number of thioether (sulfide) groups is 1. The highest BCUT2D eigenvalue weighted by Gasteiger charge is 2.33. The molecule has 0 aliphatic heterocycles. The minimum Gasteiger partial charge on any atom is -0.394 e. The van der Waals surface area contributed by atoms with Crippen LogP contribution >= 0.6 is 11.8 Å². The lowest BCUT2D eigenvalue weighted by Gasteiger charge is -2.28. The number of nitrogens with one attached hydrogen (secondary N) is 2. The van der Waals surface area contributed by atoms with Gasteiger partial charge in [0.05, 0.1) is 12.1 Å². The fourth-order valence-electron chi connectivity index (χ4n) is 2.30. The van der Waals surface area contributed by atoms with E-state index in [1.54, 1.807) is 6.07 Å². The molecule has 0 amide bonds. The van der Waals surface area contributed by atoms with Gasteiger partial charge in [0.1, 0.15) is 11.6 Å². The van der Waals surface area contributed by atoms with E-state index in [1.807, 2.05) is 6.26 Å². The molecule has 0 spiro atoms. The summed E-state index contributed by atoms with van der Waals surface area (Å²) in [6.07, 6.45) is 6.11. The van der Waals surface area contributed by atoms with Crippen LogP contribution in [0, 0.1) is 0 Å². The molecule has 0 unspecified atom stereocenters. The molecule has 1 aromatic rings. The topological polar surface area (TPSA) is 96.1 Å². The highest BCUT2D eigenvalue weighted by Crippen LogP contribution is 2.32. The van der Waals surface area contributed by atoms with Crippen molar-refractivity contribution in [2.24, 2.45) is 5.84 Å². The van der Waals surface area contributed by atoms with Gasteiger partial charge in [0.15, 0.2) is 5.16 Å². The van der Waals surface area contributed by atoms with Crippen LogP contribution in [-0.2, 0) is 0 Å². The van der Waals surface area contributed by atoms with Crippen molar-refractivity contribution in [3.63, 3.8) is 0 Å². The number of hydrogen-bond donors (Lipinski definition) is 4. The fraction of sp³-hybridized carbons (Fsp3) is 0.636. The van der Waals surface area contributed by atoms with Crippen LogP contribution in [0.1, 0.15) is 25.7 Å². The third-order valence-electron chi connectivity index (χ3n) is 3.29. The molecule has 2 rings (SSSR count). The number of hydrogen-bond acceptors (Lipinski definition) is 7. The summed E-state index contributed by atoms with van der Waals surface area (Å²) in [6.45, 7) is 0.122. The lowest BCUT2D eigenvalue weighted by Crippen LogP contribution is -2.39. The second kappa shape index (κ2) is 5.73. The van der Waals surface area contributed by atoms with Crippen LogP contribution in [0.4, 0.5) is 11.6 Å². The summed E-state index contributed by atoms with van der Waals surface area (Å²) in [5.74, 6) is 6.67. The van der Waals surface area contributed by atoms with E-state index in [0.717, 1.165) is 25.7 Å². The number of anilines is 2. The molecule has 0 aromatic carbocycles. The highest BCUT2D eigenvalue weighted by molar-refractivity contribution is 7.98. The van der Waals surface area contributed by atoms with Gasteiger partial charge < -0.3 is 15.8 Å². The molecule has 1 aliphatic carbocycles. The molecule has 1 aromatic heterocycles.